The van der Waals surface area contributed by atoms with Crippen molar-refractivity contribution in [2.45, 2.75) is 68.0 Å². The third-order valence-corrected chi connectivity index (χ3v) is 7.99. The van der Waals surface area contributed by atoms with Crippen molar-refractivity contribution in [1.82, 2.24) is 4.98 Å². The Labute approximate surface area is 223 Å². The molecule has 1 aromatic heterocycles. The van der Waals surface area contributed by atoms with E-state index in [1.165, 1.54) is 29.2 Å². The van der Waals surface area contributed by atoms with Gasteiger partial charge in [0.1, 0.15) is 5.82 Å². The Kier molecular flexibility index (Phi) is 7.99. The number of pyridine rings is 1. The van der Waals surface area contributed by atoms with Crippen LogP contribution in [0.2, 0.25) is 0 Å². The number of aromatic nitrogens is 1. The molecule has 2 fully saturated rings. The van der Waals surface area contributed by atoms with E-state index in [0.29, 0.717) is 19.0 Å². The molecule has 14 heteroatoms. The SMILES string of the molecule is Cc1c(C(F)(F)F)cnc(N2CCCC(F)(F)CC2)c1C(=O)Nc1cccc([S-](=O)=NC(=O)C2(N)CCC2)c1. The molecule has 2 heterocycles. The molecule has 8 nitrogen and oxygen atoms in total. The lowest BCUT2D eigenvalue weighted by Crippen LogP contribution is -2.52. The molecule has 1 saturated carbocycles. The Bertz CT molecular complexity index is 1370. The highest BCUT2D eigenvalue weighted by Crippen LogP contribution is 2.37. The fraction of sp³-hybridized carbons (Fsp3) is 0.480. The Morgan fingerprint density at radius 3 is 2.49 bits per heavy atom. The van der Waals surface area contributed by atoms with Crippen molar-refractivity contribution in [2.75, 3.05) is 23.3 Å². The standard InChI is InChI=1S/C25H27F5N5O3S/c1-15-18(25(28,29)30)14-32-20(35-11-4-9-24(26,27)10-12-35)19(15)21(36)33-16-5-2-6-17(13-16)39(38)34-22(37)23(31)7-3-8-23/h2,5-6,13-14H,3-4,7-12,31H2,1H3,(H,33,36)/q-1. The summed E-state index contributed by atoms with van der Waals surface area (Å²) in [5.74, 6) is -4.71. The van der Waals surface area contributed by atoms with Crippen LogP contribution in [0.5, 0.6) is 0 Å². The number of nitrogens with zero attached hydrogens (tertiary/aromatic N) is 3. The third-order valence-electron chi connectivity index (χ3n) is 7.00. The smallest absolute Gasteiger partial charge is 0.418 e. The maximum absolute atomic E-state index is 13.9. The van der Waals surface area contributed by atoms with Crippen molar-refractivity contribution >= 4 is 33.9 Å². The van der Waals surface area contributed by atoms with E-state index in [0.717, 1.165) is 13.3 Å². The van der Waals surface area contributed by atoms with Crippen LogP contribution in [0.3, 0.4) is 0 Å². The first-order chi connectivity index (χ1) is 18.2. The molecule has 1 saturated heterocycles. The van der Waals surface area contributed by atoms with Crippen molar-refractivity contribution in [3.8, 4) is 0 Å². The van der Waals surface area contributed by atoms with Crippen LogP contribution in [0.15, 0.2) is 39.7 Å². The van der Waals surface area contributed by atoms with E-state index in [2.05, 4.69) is 14.7 Å². The number of nitrogens with two attached hydrogens (primary N) is 1. The number of halogens is 5. The average molecular weight is 573 g/mol. The third kappa shape index (κ3) is 6.38. The number of carbonyl (C=O) groups excluding carboxylic acids is 2. The number of amides is 2. The molecule has 2 amide bonds. The monoisotopic (exact) mass is 572 g/mol. The molecule has 212 valence electrons. The summed E-state index contributed by atoms with van der Waals surface area (Å²) in [5, 5.41) is 2.48. The molecule has 2 aliphatic rings. The second kappa shape index (κ2) is 10.8. The molecule has 2 aromatic rings. The molecule has 4 rings (SSSR count). The van der Waals surface area contributed by atoms with Crippen LogP contribution in [0.1, 0.15) is 60.0 Å². The number of rotatable bonds is 5. The lowest BCUT2D eigenvalue weighted by Gasteiger charge is -2.35. The molecule has 0 spiro atoms. The van der Waals surface area contributed by atoms with Crippen LogP contribution in [0, 0.1) is 6.92 Å². The minimum atomic E-state index is -4.80. The largest absolute Gasteiger partial charge is 0.440 e. The van der Waals surface area contributed by atoms with E-state index in [1.807, 2.05) is 0 Å². The lowest BCUT2D eigenvalue weighted by molar-refractivity contribution is -0.138. The van der Waals surface area contributed by atoms with Gasteiger partial charge in [-0.3, -0.25) is 9.59 Å². The van der Waals surface area contributed by atoms with Gasteiger partial charge in [-0.15, -0.1) is 0 Å². The molecule has 0 unspecified atom stereocenters. The maximum atomic E-state index is 13.9. The summed E-state index contributed by atoms with van der Waals surface area (Å²) in [6.07, 6.45) is -3.42. The first kappa shape index (κ1) is 28.9. The summed E-state index contributed by atoms with van der Waals surface area (Å²) in [4.78, 5) is 31.0. The molecular formula is C25H27F5N5O3S-. The van der Waals surface area contributed by atoms with Gasteiger partial charge in [-0.2, -0.15) is 23.8 Å². The number of nitrogens with one attached hydrogen (secondary N) is 1. The molecule has 3 N–H and O–H groups in total. The maximum Gasteiger partial charge on any atom is 0.418 e. The van der Waals surface area contributed by atoms with Gasteiger partial charge in [-0.1, -0.05) is 23.1 Å². The second-order valence-electron chi connectivity index (χ2n) is 9.83. The minimum Gasteiger partial charge on any atom is -0.440 e. The molecular weight excluding hydrogens is 545 g/mol. The van der Waals surface area contributed by atoms with Crippen molar-refractivity contribution in [2.24, 2.45) is 10.1 Å². The van der Waals surface area contributed by atoms with Gasteiger partial charge in [0.25, 0.3) is 5.91 Å². The van der Waals surface area contributed by atoms with E-state index in [-0.39, 0.29) is 42.3 Å². The summed E-state index contributed by atoms with van der Waals surface area (Å²) in [6.45, 7) is 1.01. The highest BCUT2D eigenvalue weighted by atomic mass is 32.2. The summed E-state index contributed by atoms with van der Waals surface area (Å²) >= 11 is 0. The molecule has 0 radical (unpaired) electrons. The van der Waals surface area contributed by atoms with Crippen LogP contribution in [-0.2, 0) is 25.8 Å². The Balaban J connectivity index is 1.65. The molecule has 1 aliphatic heterocycles. The summed E-state index contributed by atoms with van der Waals surface area (Å²) < 4.78 is 85.2. The Hall–Kier alpha value is -3.13. The molecule has 0 atom stereocenters. The number of alkyl halides is 5. The fourth-order valence-electron chi connectivity index (χ4n) is 4.53. The number of benzene rings is 1. The van der Waals surface area contributed by atoms with Crippen LogP contribution in [0.25, 0.3) is 0 Å². The topological polar surface area (TPSA) is 118 Å². The zero-order valence-corrected chi connectivity index (χ0v) is 21.8. The second-order valence-corrected chi connectivity index (χ2v) is 11.0. The predicted molar refractivity (Wildman–Crippen MR) is 134 cm³/mol. The first-order valence-electron chi connectivity index (χ1n) is 12.3. The highest BCUT2D eigenvalue weighted by molar-refractivity contribution is 7.75. The van der Waals surface area contributed by atoms with Crippen molar-refractivity contribution in [1.29, 1.82) is 0 Å². The van der Waals surface area contributed by atoms with E-state index in [4.69, 9.17) is 5.73 Å². The summed E-state index contributed by atoms with van der Waals surface area (Å²) in [7, 11) is -2.13. The normalized spacial score (nSPS) is 19.6. The quantitative estimate of drug-likeness (QED) is 0.376. The van der Waals surface area contributed by atoms with Crippen LogP contribution >= 0.6 is 0 Å². The molecule has 1 aromatic carbocycles. The highest BCUT2D eigenvalue weighted by Gasteiger charge is 2.39. The van der Waals surface area contributed by atoms with Crippen molar-refractivity contribution in [3.63, 3.8) is 0 Å². The van der Waals surface area contributed by atoms with Gasteiger partial charge < -0.3 is 24.5 Å². The van der Waals surface area contributed by atoms with Gasteiger partial charge in [0.05, 0.1) is 16.7 Å². The minimum absolute atomic E-state index is 0.0655. The number of anilines is 2. The molecule has 39 heavy (non-hydrogen) atoms. The van der Waals surface area contributed by atoms with Gasteiger partial charge in [0.2, 0.25) is 11.8 Å². The van der Waals surface area contributed by atoms with E-state index in [1.54, 1.807) is 0 Å². The van der Waals surface area contributed by atoms with E-state index in [9.17, 15) is 35.8 Å². The average Bonchev–Trinajstić information content (AvgIpc) is 3.01. The lowest BCUT2D eigenvalue weighted by atomic mass is 9.77. The van der Waals surface area contributed by atoms with Gasteiger partial charge in [0, 0.05) is 37.8 Å². The van der Waals surface area contributed by atoms with Gasteiger partial charge in [0.15, 0.2) is 0 Å². The number of carbonyl (C=O) groups is 2. The van der Waals surface area contributed by atoms with Gasteiger partial charge in [-0.25, -0.2) is 13.8 Å². The van der Waals surface area contributed by atoms with Gasteiger partial charge >= 0.3 is 6.18 Å². The molecule has 1 aliphatic carbocycles. The van der Waals surface area contributed by atoms with E-state index >= 15 is 0 Å². The first-order valence-corrected chi connectivity index (χ1v) is 13.4. The summed E-state index contributed by atoms with van der Waals surface area (Å²) in [5.41, 5.74) is 2.92. The molecule has 0 bridgehead atoms. The van der Waals surface area contributed by atoms with Crippen molar-refractivity contribution < 1.29 is 35.8 Å². The van der Waals surface area contributed by atoms with Crippen LogP contribution < -0.4 is 16.0 Å². The predicted octanol–water partition coefficient (Wildman–Crippen LogP) is 5.20. The number of hydrogen-bond acceptors (Lipinski definition) is 7. The van der Waals surface area contributed by atoms with Crippen molar-refractivity contribution in [3.05, 3.63) is 47.2 Å². The Morgan fingerprint density at radius 1 is 1.13 bits per heavy atom. The number of hydrogen-bond donors (Lipinski definition) is 2. The van der Waals surface area contributed by atoms with Crippen LogP contribution in [-0.4, -0.2) is 41.3 Å². The zero-order chi connectivity index (χ0) is 28.6. The summed E-state index contributed by atoms with van der Waals surface area (Å²) in [6, 6.07) is 5.53. The Morgan fingerprint density at radius 2 is 1.85 bits per heavy atom. The fourth-order valence-corrected chi connectivity index (χ4v) is 5.39. The van der Waals surface area contributed by atoms with Gasteiger partial charge in [-0.05, 0) is 44.2 Å². The van der Waals surface area contributed by atoms with Crippen LogP contribution in [0.4, 0.5) is 33.5 Å². The van der Waals surface area contributed by atoms with E-state index < -0.39 is 63.2 Å². The zero-order valence-electron chi connectivity index (χ0n) is 21.0.